The lowest BCUT2D eigenvalue weighted by Crippen LogP contribution is -2.30. The molecule has 28 heteroatoms. The fraction of sp³-hybridized carbons (Fsp3) is 0.311. The molecule has 8 aromatic carbocycles. The van der Waals surface area contributed by atoms with Gasteiger partial charge < -0.3 is 62.3 Å². The maximum absolute atomic E-state index is 12.1. The molecule has 1 amide bonds. The van der Waals surface area contributed by atoms with Crippen LogP contribution in [0.15, 0.2) is 174 Å². The highest BCUT2D eigenvalue weighted by Gasteiger charge is 2.24. The Balaban J connectivity index is 0.000000206. The normalized spacial score (nSPS) is 10.9. The number of nitrogens with two attached hydrogens (primary N) is 1. The second-order valence-corrected chi connectivity index (χ2v) is 32.2. The van der Waals surface area contributed by atoms with Crippen LogP contribution >= 0.6 is 38.8 Å². The Morgan fingerprint density at radius 3 is 1.07 bits per heavy atom. The van der Waals surface area contributed by atoms with Crippen LogP contribution in [0, 0.1) is 50.7 Å². The molecule has 0 saturated heterocycles. The Bertz CT molecular complexity index is 5560. The van der Waals surface area contributed by atoms with Gasteiger partial charge in [0.2, 0.25) is 9.05 Å². The molecule has 12 aromatic rings. The summed E-state index contributed by atoms with van der Waals surface area (Å²) in [4.78, 5) is 17.0. The number of hydrogen-bond donors (Lipinski definition) is 4. The van der Waals surface area contributed by atoms with Crippen molar-refractivity contribution in [1.82, 2.24) is 18.3 Å². The van der Waals surface area contributed by atoms with Crippen molar-refractivity contribution in [2.24, 2.45) is 0 Å². The van der Waals surface area contributed by atoms with Gasteiger partial charge in [0.1, 0.15) is 71.2 Å². The average Bonchev–Trinajstić information content (AvgIpc) is 1.63. The smallest absolute Gasteiger partial charge is 0.412 e. The monoisotopic (exact) mass is 1720 g/mol. The molecule has 0 spiro atoms. The summed E-state index contributed by atoms with van der Waals surface area (Å²) in [7, 11) is 1.50. The average molecular weight is 1720 g/mol. The van der Waals surface area contributed by atoms with Gasteiger partial charge in [0.15, 0.2) is 0 Å². The van der Waals surface area contributed by atoms with Gasteiger partial charge >= 0.3 is 6.09 Å². The van der Waals surface area contributed by atoms with Gasteiger partial charge in [0.05, 0.1) is 106 Å². The van der Waals surface area contributed by atoms with Crippen molar-refractivity contribution in [2.75, 3.05) is 54.6 Å². The molecule has 0 saturated carbocycles. The van der Waals surface area contributed by atoms with E-state index in [1.165, 1.54) is 6.92 Å². The Kier molecular flexibility index (Phi) is 34.8. The number of nitrogens with one attached hydrogen (secondary N) is 3. The summed E-state index contributed by atoms with van der Waals surface area (Å²) in [6, 6.07) is 64.1. The number of halogens is 2. The number of ether oxygens (including phenoxy) is 6. The van der Waals surface area contributed by atoms with Crippen LogP contribution in [0.3, 0.4) is 0 Å². The number of amides is 1. The zero-order valence-electron chi connectivity index (χ0n) is 69.4. The van der Waals surface area contributed by atoms with E-state index in [9.17, 15) is 39.4 Å². The molecule has 0 radical (unpaired) electrons. The number of nitrogen functional groups attached to an aromatic ring is 1. The number of carbonyl (C=O) groups excluding carboxylic acids is 1. The summed E-state index contributed by atoms with van der Waals surface area (Å²) in [5.74, 6) is 3.30. The zero-order chi connectivity index (χ0) is 86.6. The first-order chi connectivity index (χ1) is 56.4. The van der Waals surface area contributed by atoms with E-state index in [1.54, 1.807) is 26.8 Å². The third-order valence-electron chi connectivity index (χ3n) is 17.5. The predicted octanol–water partition coefficient (Wildman–Crippen LogP) is 21.7. The molecule has 118 heavy (non-hydrogen) atoms. The molecule has 0 unspecified atom stereocenters. The fourth-order valence-electron chi connectivity index (χ4n) is 12.8. The van der Waals surface area contributed by atoms with Crippen molar-refractivity contribution >= 4 is 121 Å². The van der Waals surface area contributed by atoms with E-state index in [0.29, 0.717) is 67.6 Å². The van der Waals surface area contributed by atoms with E-state index < -0.39 is 32.4 Å². The second-order valence-electron chi connectivity index (χ2n) is 27.7. The number of nitriles is 4. The van der Waals surface area contributed by atoms with E-state index in [4.69, 9.17) is 44.0 Å². The van der Waals surface area contributed by atoms with Gasteiger partial charge in [0, 0.05) is 85.5 Å². The van der Waals surface area contributed by atoms with Crippen molar-refractivity contribution in [3.05, 3.63) is 197 Å². The number of benzene rings is 8. The minimum absolute atomic E-state index is 0.00849. The lowest BCUT2D eigenvalue weighted by Gasteiger charge is -2.28. The molecule has 24 nitrogen and oxygen atoms in total. The van der Waals surface area contributed by atoms with E-state index in [1.807, 2.05) is 220 Å². The van der Waals surface area contributed by atoms with Crippen molar-refractivity contribution in [3.8, 4) is 92.3 Å². The highest BCUT2D eigenvalue weighted by molar-refractivity contribution is 9.10. The number of anilines is 3. The van der Waals surface area contributed by atoms with E-state index in [0.717, 1.165) is 159 Å². The Morgan fingerprint density at radius 2 is 0.780 bits per heavy atom. The summed E-state index contributed by atoms with van der Waals surface area (Å²) >= 11 is 4.53. The van der Waals surface area contributed by atoms with Crippen LogP contribution in [0.25, 0.3) is 88.6 Å². The molecular formula is C90H101BrClN12O12S2-. The number of fused-ring (bicyclic) bond motifs is 4. The molecule has 0 aliphatic rings. The zero-order valence-corrected chi connectivity index (χ0v) is 73.3. The van der Waals surface area contributed by atoms with Gasteiger partial charge in [-0.3, -0.25) is 10.7 Å². The van der Waals surface area contributed by atoms with Gasteiger partial charge in [-0.05, 0) is 269 Å². The third-order valence-corrected chi connectivity index (χ3v) is 19.8. The minimum atomic E-state index is -3.19. The summed E-state index contributed by atoms with van der Waals surface area (Å²) in [5, 5.41) is 61.9. The molecule has 0 fully saturated rings. The van der Waals surface area contributed by atoms with E-state index in [2.05, 4.69) is 111 Å². The van der Waals surface area contributed by atoms with Crippen LogP contribution in [0.2, 0.25) is 0 Å². The Labute approximate surface area is 708 Å². The molecule has 12 rings (SSSR count). The van der Waals surface area contributed by atoms with E-state index >= 15 is 0 Å². The van der Waals surface area contributed by atoms with Crippen molar-refractivity contribution in [2.45, 2.75) is 148 Å². The van der Waals surface area contributed by atoms with Gasteiger partial charge in [-0.2, -0.15) is 21.0 Å². The molecule has 0 aliphatic carbocycles. The van der Waals surface area contributed by atoms with E-state index in [-0.39, 0.29) is 5.75 Å². The van der Waals surface area contributed by atoms with Crippen LogP contribution in [0.4, 0.5) is 21.9 Å². The quantitative estimate of drug-likeness (QED) is 0.00532. The summed E-state index contributed by atoms with van der Waals surface area (Å²) in [5.41, 5.74) is 21.3. The molecule has 5 N–H and O–H groups in total. The van der Waals surface area contributed by atoms with Gasteiger partial charge in [-0.15, -0.1) is 4.33 Å². The maximum atomic E-state index is 12.1. The molecule has 0 aliphatic heterocycles. The Morgan fingerprint density at radius 1 is 0.475 bits per heavy atom. The summed E-state index contributed by atoms with van der Waals surface area (Å²) < 4.78 is 69.0. The topological polar surface area (TPSA) is 337 Å². The largest absolute Gasteiger partial charge is 0.595 e. The third kappa shape index (κ3) is 24.9. The van der Waals surface area contributed by atoms with Crippen molar-refractivity contribution < 1.29 is 56.0 Å². The maximum Gasteiger partial charge on any atom is 0.412 e. The molecule has 0 bridgehead atoms. The first-order valence-electron chi connectivity index (χ1n) is 38.5. The first kappa shape index (κ1) is 93.4. The van der Waals surface area contributed by atoms with Crippen molar-refractivity contribution in [3.63, 3.8) is 0 Å². The minimum Gasteiger partial charge on any atom is -0.595 e. The summed E-state index contributed by atoms with van der Waals surface area (Å²) in [6.07, 6.45) is -1.49. The standard InChI is InChI=1S/C24H27N3O3.C21H23N3O3S.C19H17BrN2O.C19H19N3O.C5H11NO2.C2H5ClO2S/c1-6-27-21-14-17(26-23(28)30-24(3,4)5)10-13-19(21)20(15-25)22(27)16-8-11-18(12-9-16)29-7-2;1-4-24-20-13-16(23-28-27-26-6-3)9-12-18(20)19(14-22)21(24)15-7-10-17(11-8-15)25-5-2;1-3-22-18-11-14(20)7-10-16(18)17(12-21)19(22)13-5-8-15(9-6-13)23-4-2;1-3-22-18-11-14(21)7-10-16(18)17(12-20)19(22)13-5-8-15(9-6-13)23-4-2;1-5(2,3)8-4(6)7;1-2-6(3,4)5/h8-14H,6-7H2,1-5H3,(H,26,28);7-13,23H,4-6H2,1-3H3;5-11H,3-4H2,1-2H3;5-11H,3-4,21H2,1-2H3;1-3H3,(H2,6,7);2H2,1H3/p-1. The van der Waals surface area contributed by atoms with Crippen LogP contribution in [-0.2, 0) is 53.9 Å². The predicted molar refractivity (Wildman–Crippen MR) is 476 cm³/mol. The number of hydrogen-bond acceptors (Lipinski definition) is 20. The number of aryl methyl sites for hydroxylation is 4. The lowest BCUT2D eigenvalue weighted by atomic mass is 10.1. The molecule has 4 heterocycles. The fourth-order valence-corrected chi connectivity index (χ4v) is 13.6. The number of carbonyl (C=O) groups is 1. The number of nitrogens with zero attached hydrogens (tertiary/aromatic N) is 8. The Hall–Kier alpha value is -11.8. The van der Waals surface area contributed by atoms with Gasteiger partial charge in [-0.25, -0.2) is 18.1 Å². The lowest BCUT2D eigenvalue weighted by molar-refractivity contribution is -0.262. The first-order valence-corrected chi connectivity index (χ1v) is 42.5. The second kappa shape index (κ2) is 44.0. The van der Waals surface area contributed by atoms with Crippen LogP contribution < -0.4 is 39.8 Å². The molecular weight excluding hydrogens is 1620 g/mol. The molecule has 4 aromatic heterocycles. The van der Waals surface area contributed by atoms with Crippen molar-refractivity contribution in [1.29, 1.82) is 26.5 Å². The number of aromatic nitrogens is 4. The SMILES string of the molecule is CC(C)(C)OC(=N)[O-].CCOOSNc1ccc2c(C#N)c(-c3ccc(OCC)cc3)n(CC)c2c1.CCOc1ccc(-c2c(C#N)c3ccc(Br)cc3n2CC)cc1.CCOc1ccc(-c2c(C#N)c3ccc(N)cc3n2CC)cc1.CCOc1ccc(-c2c(C#N)c3ccc(NC(=O)OC(C)(C)C)cc3n2CC)cc1.CCS(=O)(=O)Cl. The highest BCUT2D eigenvalue weighted by Crippen LogP contribution is 2.41. The van der Waals surface area contributed by atoms with Gasteiger partial charge in [0.25, 0.3) is 0 Å². The molecule has 620 valence electrons. The van der Waals surface area contributed by atoms with Gasteiger partial charge in [-0.1, -0.05) is 49.7 Å². The summed E-state index contributed by atoms with van der Waals surface area (Å²) in [6.45, 7) is 36.0. The highest BCUT2D eigenvalue weighted by atomic mass is 79.9. The number of rotatable bonds is 23. The van der Waals surface area contributed by atoms with Crippen LogP contribution in [0.1, 0.15) is 133 Å². The van der Waals surface area contributed by atoms with Crippen LogP contribution in [0.5, 0.6) is 23.0 Å². The van der Waals surface area contributed by atoms with Crippen LogP contribution in [-0.4, -0.2) is 88.9 Å². The molecule has 0 atom stereocenters.